The molecule has 9 heteroatoms. The fraction of sp³-hybridized carbons (Fsp3) is 0.160. The molecule has 0 aliphatic carbocycles. The number of nitrogens with zero attached hydrogens (tertiary/aromatic N) is 2. The molecule has 0 bridgehead atoms. The molecule has 1 saturated heterocycles. The summed E-state index contributed by atoms with van der Waals surface area (Å²) in [6, 6.07) is 11.2. The molecule has 1 atom stereocenters. The molecule has 4 rings (SSSR count). The maximum Gasteiger partial charge on any atom is 0.295 e. The third-order valence-electron chi connectivity index (χ3n) is 5.57. The van der Waals surface area contributed by atoms with Crippen LogP contribution in [0.3, 0.4) is 0 Å². The molecule has 0 spiro atoms. The Hall–Kier alpha value is -3.42. The van der Waals surface area contributed by atoms with E-state index in [9.17, 15) is 19.1 Å². The van der Waals surface area contributed by atoms with Gasteiger partial charge in [-0.3, -0.25) is 14.6 Å². The number of pyridine rings is 1. The number of Topliss-reactive ketones (excluding diaryl/α,β-unsaturated/α-hetero) is 1. The lowest BCUT2D eigenvalue weighted by Crippen LogP contribution is -2.31. The molecule has 1 N–H and O–H groups in total. The minimum Gasteiger partial charge on any atom is -0.507 e. The van der Waals surface area contributed by atoms with E-state index in [-0.39, 0.29) is 39.3 Å². The van der Waals surface area contributed by atoms with Gasteiger partial charge in [-0.1, -0.05) is 41.4 Å². The Bertz CT molecular complexity index is 1260. The van der Waals surface area contributed by atoms with Crippen molar-refractivity contribution in [2.45, 2.75) is 12.5 Å². The number of benzene rings is 2. The first-order chi connectivity index (χ1) is 16.3. The smallest absolute Gasteiger partial charge is 0.295 e. The number of aliphatic hydroxyl groups excluding tert-OH is 1. The van der Waals surface area contributed by atoms with Crippen molar-refractivity contribution in [1.29, 1.82) is 0 Å². The van der Waals surface area contributed by atoms with E-state index in [4.69, 9.17) is 27.9 Å². The molecule has 2 aromatic carbocycles. The molecular formula is C25H19Cl2FN2O4. The van der Waals surface area contributed by atoms with Crippen LogP contribution < -0.4 is 4.74 Å². The fourth-order valence-electron chi connectivity index (χ4n) is 3.94. The van der Waals surface area contributed by atoms with Crippen LogP contribution in [0.1, 0.15) is 22.7 Å². The number of halogens is 3. The van der Waals surface area contributed by atoms with E-state index < -0.39 is 23.5 Å². The van der Waals surface area contributed by atoms with Crippen LogP contribution in [0.2, 0.25) is 10.0 Å². The number of aliphatic hydroxyl groups is 1. The van der Waals surface area contributed by atoms with Gasteiger partial charge in [0.15, 0.2) is 5.75 Å². The molecule has 174 valence electrons. The number of methoxy groups -OCH3 is 1. The number of rotatable bonds is 6. The molecule has 3 aromatic rings. The second kappa shape index (κ2) is 9.83. The van der Waals surface area contributed by atoms with Crippen molar-refractivity contribution >= 4 is 40.7 Å². The van der Waals surface area contributed by atoms with Gasteiger partial charge in [0.1, 0.15) is 11.6 Å². The van der Waals surface area contributed by atoms with E-state index in [1.165, 1.54) is 42.5 Å². The zero-order chi connectivity index (χ0) is 24.4. The van der Waals surface area contributed by atoms with E-state index in [0.29, 0.717) is 12.0 Å². The lowest BCUT2D eigenvalue weighted by atomic mass is 9.96. The van der Waals surface area contributed by atoms with Gasteiger partial charge in [-0.15, -0.1) is 0 Å². The summed E-state index contributed by atoms with van der Waals surface area (Å²) in [4.78, 5) is 31.6. The highest BCUT2D eigenvalue weighted by molar-refractivity contribution is 6.46. The molecule has 2 heterocycles. The van der Waals surface area contributed by atoms with Gasteiger partial charge >= 0.3 is 0 Å². The van der Waals surface area contributed by atoms with Gasteiger partial charge < -0.3 is 14.7 Å². The van der Waals surface area contributed by atoms with Crippen molar-refractivity contribution in [2.75, 3.05) is 13.7 Å². The quantitative estimate of drug-likeness (QED) is 0.285. The fourth-order valence-corrected chi connectivity index (χ4v) is 4.58. The Morgan fingerprint density at radius 3 is 2.41 bits per heavy atom. The standard InChI is InChI=1S/C25H19Cl2FN2O4/c1-34-24-18(26)11-16(12-19(24)27)22(31)20-21(15-3-2-9-29-13-15)30(25(33)23(20)32)10-8-14-4-6-17(28)7-5-14/h2-7,9,11-13,21,31H,8,10H2,1H3/b22-20+. The largest absolute Gasteiger partial charge is 0.507 e. The summed E-state index contributed by atoms with van der Waals surface area (Å²) in [5, 5.41) is 11.4. The van der Waals surface area contributed by atoms with Crippen molar-refractivity contribution in [3.8, 4) is 5.75 Å². The molecule has 6 nitrogen and oxygen atoms in total. The van der Waals surface area contributed by atoms with Crippen LogP contribution in [0.25, 0.3) is 5.76 Å². The van der Waals surface area contributed by atoms with Crippen molar-refractivity contribution in [2.24, 2.45) is 0 Å². The van der Waals surface area contributed by atoms with E-state index >= 15 is 0 Å². The number of hydrogen-bond acceptors (Lipinski definition) is 5. The van der Waals surface area contributed by atoms with Crippen LogP contribution in [0.4, 0.5) is 4.39 Å². The topological polar surface area (TPSA) is 79.7 Å². The number of likely N-dealkylation sites (tertiary alicyclic amines) is 1. The Labute approximate surface area is 205 Å². The summed E-state index contributed by atoms with van der Waals surface area (Å²) in [6.07, 6.45) is 3.48. The Balaban J connectivity index is 1.78. The van der Waals surface area contributed by atoms with Crippen LogP contribution in [-0.2, 0) is 16.0 Å². The van der Waals surface area contributed by atoms with Crippen molar-refractivity contribution < 1.29 is 23.8 Å². The first kappa shape index (κ1) is 23.7. The average molecular weight is 501 g/mol. The van der Waals surface area contributed by atoms with E-state index in [2.05, 4.69) is 4.98 Å². The van der Waals surface area contributed by atoms with E-state index in [1.807, 2.05) is 0 Å². The van der Waals surface area contributed by atoms with Crippen molar-refractivity contribution in [3.05, 3.63) is 99.1 Å². The van der Waals surface area contributed by atoms with Crippen LogP contribution >= 0.6 is 23.2 Å². The highest BCUT2D eigenvalue weighted by Crippen LogP contribution is 2.41. The summed E-state index contributed by atoms with van der Waals surface area (Å²) < 4.78 is 18.4. The number of aromatic nitrogens is 1. The normalized spacial score (nSPS) is 17.3. The molecule has 1 unspecified atom stereocenters. The molecule has 1 aliphatic rings. The highest BCUT2D eigenvalue weighted by atomic mass is 35.5. The minimum atomic E-state index is -0.881. The minimum absolute atomic E-state index is 0.102. The van der Waals surface area contributed by atoms with Crippen LogP contribution in [0.15, 0.2) is 66.5 Å². The van der Waals surface area contributed by atoms with E-state index in [1.54, 1.807) is 30.5 Å². The maximum absolute atomic E-state index is 13.3. The number of amides is 1. The predicted molar refractivity (Wildman–Crippen MR) is 126 cm³/mol. The van der Waals surface area contributed by atoms with Gasteiger partial charge in [-0.05, 0) is 47.9 Å². The molecule has 1 fully saturated rings. The van der Waals surface area contributed by atoms with Gasteiger partial charge in [0.25, 0.3) is 11.7 Å². The lowest BCUT2D eigenvalue weighted by Gasteiger charge is -2.25. The van der Waals surface area contributed by atoms with Crippen LogP contribution in [0.5, 0.6) is 5.75 Å². The van der Waals surface area contributed by atoms with Crippen molar-refractivity contribution in [3.63, 3.8) is 0 Å². The summed E-state index contributed by atoms with van der Waals surface area (Å²) in [7, 11) is 1.40. The van der Waals surface area contributed by atoms with Crippen LogP contribution in [0, 0.1) is 5.82 Å². The van der Waals surface area contributed by atoms with Crippen molar-refractivity contribution in [1.82, 2.24) is 9.88 Å². The molecule has 0 radical (unpaired) electrons. The van der Waals surface area contributed by atoms with Gasteiger partial charge in [0, 0.05) is 24.5 Å². The van der Waals surface area contributed by atoms with Gasteiger partial charge in [0.05, 0.1) is 28.8 Å². The molecular weight excluding hydrogens is 482 g/mol. The lowest BCUT2D eigenvalue weighted by molar-refractivity contribution is -0.139. The monoisotopic (exact) mass is 500 g/mol. The summed E-state index contributed by atoms with van der Waals surface area (Å²) in [6.45, 7) is 0.163. The molecule has 1 amide bonds. The summed E-state index contributed by atoms with van der Waals surface area (Å²) >= 11 is 12.4. The SMILES string of the molecule is COc1c(Cl)cc(/C(O)=C2\C(=O)C(=O)N(CCc3ccc(F)cc3)C2c2cccnc2)cc1Cl. The zero-order valence-electron chi connectivity index (χ0n) is 18.0. The second-order valence-electron chi connectivity index (χ2n) is 7.63. The number of hydrogen-bond donors (Lipinski definition) is 1. The highest BCUT2D eigenvalue weighted by Gasteiger charge is 2.46. The number of ether oxygens (including phenoxy) is 1. The van der Waals surface area contributed by atoms with Crippen LogP contribution in [-0.4, -0.2) is 40.3 Å². The van der Waals surface area contributed by atoms with E-state index in [0.717, 1.165) is 5.56 Å². The molecule has 0 saturated carbocycles. The summed E-state index contributed by atoms with van der Waals surface area (Å²) in [5.41, 5.74) is 1.41. The molecule has 34 heavy (non-hydrogen) atoms. The Kier molecular flexibility index (Phi) is 6.86. The van der Waals surface area contributed by atoms with Gasteiger partial charge in [0.2, 0.25) is 0 Å². The molecule has 1 aromatic heterocycles. The second-order valence-corrected chi connectivity index (χ2v) is 8.44. The third kappa shape index (κ3) is 4.49. The predicted octanol–water partition coefficient (Wildman–Crippen LogP) is 5.20. The maximum atomic E-state index is 13.3. The molecule has 1 aliphatic heterocycles. The third-order valence-corrected chi connectivity index (χ3v) is 6.13. The average Bonchev–Trinajstić information content (AvgIpc) is 3.08. The van der Waals surface area contributed by atoms with Gasteiger partial charge in [-0.2, -0.15) is 0 Å². The summed E-state index contributed by atoms with van der Waals surface area (Å²) in [5.74, 6) is -2.15. The Morgan fingerprint density at radius 2 is 1.82 bits per heavy atom. The number of carbonyl (C=O) groups is 2. The first-order valence-corrected chi connectivity index (χ1v) is 11.0. The van der Waals surface area contributed by atoms with Gasteiger partial charge in [-0.25, -0.2) is 4.39 Å². The number of carbonyl (C=O) groups excluding carboxylic acids is 2. The Morgan fingerprint density at radius 1 is 1.15 bits per heavy atom. The first-order valence-electron chi connectivity index (χ1n) is 10.3. The zero-order valence-corrected chi connectivity index (χ0v) is 19.5. The number of ketones is 1.